The van der Waals surface area contributed by atoms with E-state index < -0.39 is 0 Å². The largest absolute Gasteiger partial charge is 0.495 e. The lowest BCUT2D eigenvalue weighted by atomic mass is 10.1. The van der Waals surface area contributed by atoms with Gasteiger partial charge >= 0.3 is 0 Å². The van der Waals surface area contributed by atoms with Gasteiger partial charge in [-0.25, -0.2) is 0 Å². The molecule has 0 unspecified atom stereocenters. The lowest BCUT2D eigenvalue weighted by Crippen LogP contribution is -2.39. The number of nitrogens with zero attached hydrogens (tertiary/aromatic N) is 1. The zero-order valence-corrected chi connectivity index (χ0v) is 16.6. The van der Waals surface area contributed by atoms with E-state index in [1.54, 1.807) is 12.1 Å². The number of benzene rings is 2. The molecule has 27 heavy (non-hydrogen) atoms. The van der Waals surface area contributed by atoms with Gasteiger partial charge in [0.2, 0.25) is 11.8 Å². The van der Waals surface area contributed by atoms with Crippen molar-refractivity contribution in [3.8, 4) is 5.75 Å². The summed E-state index contributed by atoms with van der Waals surface area (Å²) in [5.41, 5.74) is 2.97. The maximum absolute atomic E-state index is 12.6. The third-order valence-corrected chi connectivity index (χ3v) is 5.33. The van der Waals surface area contributed by atoms with Gasteiger partial charge in [0, 0.05) is 11.1 Å². The smallest absolute Gasteiger partial charge is 0.244 e. The molecule has 1 aliphatic heterocycles. The Balaban J connectivity index is 1.80. The van der Waals surface area contributed by atoms with Crippen LogP contribution in [0.4, 0.5) is 5.69 Å². The molecule has 0 aliphatic carbocycles. The highest BCUT2D eigenvalue weighted by Crippen LogP contribution is 2.32. The molecule has 1 N–H and O–H groups in total. The van der Waals surface area contributed by atoms with Gasteiger partial charge in [0.05, 0.1) is 24.2 Å². The van der Waals surface area contributed by atoms with E-state index in [1.807, 2.05) is 42.7 Å². The topological polar surface area (TPSA) is 58.6 Å². The van der Waals surface area contributed by atoms with Gasteiger partial charge in [-0.05, 0) is 29.5 Å². The first-order valence-electron chi connectivity index (χ1n) is 8.31. The lowest BCUT2D eigenvalue weighted by Gasteiger charge is -2.28. The Morgan fingerprint density at radius 3 is 2.74 bits per heavy atom. The Bertz CT molecular complexity index is 900. The summed E-state index contributed by atoms with van der Waals surface area (Å²) in [6, 6.07) is 13.0. The van der Waals surface area contributed by atoms with E-state index in [1.165, 1.54) is 23.8 Å². The van der Waals surface area contributed by atoms with Crippen molar-refractivity contribution < 1.29 is 14.3 Å². The molecule has 0 fully saturated rings. The van der Waals surface area contributed by atoms with Crippen LogP contribution in [0.2, 0.25) is 5.02 Å². The molecule has 0 spiro atoms. The maximum Gasteiger partial charge on any atom is 0.244 e. The Kier molecular flexibility index (Phi) is 6.08. The van der Waals surface area contributed by atoms with Crippen LogP contribution in [0, 0.1) is 6.92 Å². The molecule has 140 valence electrons. The fourth-order valence-electron chi connectivity index (χ4n) is 2.74. The Hall–Kier alpha value is -2.44. The first-order chi connectivity index (χ1) is 13.0. The number of carbonyl (C=O) groups is 2. The van der Waals surface area contributed by atoms with Crippen LogP contribution < -0.4 is 10.1 Å². The summed E-state index contributed by atoms with van der Waals surface area (Å²) in [4.78, 5) is 26.6. The third-order valence-electron chi connectivity index (χ3n) is 4.12. The van der Waals surface area contributed by atoms with Crippen molar-refractivity contribution in [2.24, 2.45) is 0 Å². The predicted molar refractivity (Wildman–Crippen MR) is 110 cm³/mol. The lowest BCUT2D eigenvalue weighted by molar-refractivity contribution is -0.129. The van der Waals surface area contributed by atoms with Crippen LogP contribution in [-0.4, -0.2) is 36.1 Å². The van der Waals surface area contributed by atoms with Crippen molar-refractivity contribution in [2.75, 3.05) is 24.7 Å². The van der Waals surface area contributed by atoms with E-state index >= 15 is 0 Å². The Labute approximate surface area is 167 Å². The van der Waals surface area contributed by atoms with Crippen molar-refractivity contribution in [1.82, 2.24) is 4.90 Å². The summed E-state index contributed by atoms with van der Waals surface area (Å²) in [6.07, 6.45) is 0. The third kappa shape index (κ3) is 4.46. The average Bonchev–Trinajstić information content (AvgIpc) is 2.66. The average molecular weight is 403 g/mol. The summed E-state index contributed by atoms with van der Waals surface area (Å²) in [5, 5.41) is 5.29. The zero-order valence-electron chi connectivity index (χ0n) is 15.0. The Morgan fingerprint density at radius 1 is 1.30 bits per heavy atom. The second-order valence-electron chi connectivity index (χ2n) is 6.01. The Morgan fingerprint density at radius 2 is 2.04 bits per heavy atom. The van der Waals surface area contributed by atoms with Gasteiger partial charge in [0.25, 0.3) is 0 Å². The van der Waals surface area contributed by atoms with Gasteiger partial charge in [-0.3, -0.25) is 9.59 Å². The number of aryl methyl sites for hydroxylation is 1. The molecular weight excluding hydrogens is 384 g/mol. The number of nitrogens with one attached hydrogen (secondary N) is 1. The first-order valence-corrected chi connectivity index (χ1v) is 9.74. The second kappa shape index (κ2) is 8.50. The summed E-state index contributed by atoms with van der Waals surface area (Å²) >= 11 is 7.54. The zero-order chi connectivity index (χ0) is 19.4. The molecule has 0 saturated carbocycles. The van der Waals surface area contributed by atoms with E-state index in [9.17, 15) is 9.59 Å². The number of anilines is 1. The molecule has 3 rings (SSSR count). The molecule has 0 saturated heterocycles. The molecule has 0 atom stereocenters. The standard InChI is InChI=1S/C20H19ClN2O3S/c1-13-8-16(18(26-2)9-15(13)21)22-19(24)10-23-17(11-27-12-20(23)25)14-6-4-3-5-7-14/h3-9,11H,10,12H2,1-2H3,(H,22,24). The second-order valence-corrected chi connectivity index (χ2v) is 7.27. The molecule has 0 aromatic heterocycles. The summed E-state index contributed by atoms with van der Waals surface area (Å²) in [5.74, 6) is 0.374. The van der Waals surface area contributed by atoms with Crippen LogP contribution in [0.25, 0.3) is 5.70 Å². The van der Waals surface area contributed by atoms with E-state index in [0.29, 0.717) is 22.2 Å². The number of hydrogen-bond acceptors (Lipinski definition) is 4. The van der Waals surface area contributed by atoms with Gasteiger partial charge in [-0.15, -0.1) is 11.8 Å². The maximum atomic E-state index is 12.6. The number of ether oxygens (including phenoxy) is 1. The number of hydrogen-bond donors (Lipinski definition) is 1. The van der Waals surface area contributed by atoms with E-state index in [2.05, 4.69) is 5.32 Å². The first kappa shape index (κ1) is 19.3. The minimum Gasteiger partial charge on any atom is -0.495 e. The van der Waals surface area contributed by atoms with E-state index in [-0.39, 0.29) is 18.4 Å². The van der Waals surface area contributed by atoms with Crippen LogP contribution in [0.15, 0.2) is 47.9 Å². The molecule has 0 radical (unpaired) electrons. The van der Waals surface area contributed by atoms with Crippen LogP contribution in [0.1, 0.15) is 11.1 Å². The van der Waals surface area contributed by atoms with Gasteiger partial charge < -0.3 is 15.0 Å². The highest BCUT2D eigenvalue weighted by Gasteiger charge is 2.25. The molecule has 0 bridgehead atoms. The van der Waals surface area contributed by atoms with Crippen molar-refractivity contribution in [1.29, 1.82) is 0 Å². The molecular formula is C20H19ClN2O3S. The van der Waals surface area contributed by atoms with Crippen molar-refractivity contribution >= 4 is 46.6 Å². The van der Waals surface area contributed by atoms with Gasteiger partial charge in [0.15, 0.2) is 0 Å². The van der Waals surface area contributed by atoms with Crippen LogP contribution in [-0.2, 0) is 9.59 Å². The fraction of sp³-hybridized carbons (Fsp3) is 0.200. The number of thioether (sulfide) groups is 1. The van der Waals surface area contributed by atoms with Gasteiger partial charge in [-0.2, -0.15) is 0 Å². The van der Waals surface area contributed by atoms with E-state index in [4.69, 9.17) is 16.3 Å². The van der Waals surface area contributed by atoms with E-state index in [0.717, 1.165) is 16.8 Å². The molecule has 1 heterocycles. The van der Waals surface area contributed by atoms with Crippen molar-refractivity contribution in [2.45, 2.75) is 6.92 Å². The molecule has 1 aliphatic rings. The summed E-state index contributed by atoms with van der Waals surface area (Å²) in [6.45, 7) is 1.77. The highest BCUT2D eigenvalue weighted by atomic mass is 35.5. The van der Waals surface area contributed by atoms with Crippen LogP contribution >= 0.6 is 23.4 Å². The normalized spacial score (nSPS) is 14.0. The minimum atomic E-state index is -0.308. The molecule has 5 nitrogen and oxygen atoms in total. The molecule has 2 aromatic carbocycles. The number of methoxy groups -OCH3 is 1. The SMILES string of the molecule is COc1cc(Cl)c(C)cc1NC(=O)CN1C(=O)CSC=C1c1ccccc1. The quantitative estimate of drug-likeness (QED) is 0.815. The van der Waals surface area contributed by atoms with Gasteiger partial charge in [0.1, 0.15) is 12.3 Å². The molecule has 2 aromatic rings. The highest BCUT2D eigenvalue weighted by molar-refractivity contribution is 8.03. The minimum absolute atomic E-state index is 0.0784. The summed E-state index contributed by atoms with van der Waals surface area (Å²) in [7, 11) is 1.51. The fourth-order valence-corrected chi connectivity index (χ4v) is 3.69. The van der Waals surface area contributed by atoms with Crippen molar-refractivity contribution in [3.05, 3.63) is 64.0 Å². The number of halogens is 1. The van der Waals surface area contributed by atoms with Crippen LogP contribution in [0.5, 0.6) is 5.75 Å². The number of amides is 2. The predicted octanol–water partition coefficient (Wildman–Crippen LogP) is 4.17. The molecule has 7 heteroatoms. The number of rotatable bonds is 5. The monoisotopic (exact) mass is 402 g/mol. The summed E-state index contributed by atoms with van der Waals surface area (Å²) < 4.78 is 5.29. The van der Waals surface area contributed by atoms with Crippen LogP contribution in [0.3, 0.4) is 0 Å². The van der Waals surface area contributed by atoms with Gasteiger partial charge in [-0.1, -0.05) is 41.9 Å². The van der Waals surface area contributed by atoms with Crippen molar-refractivity contribution in [3.63, 3.8) is 0 Å². The molecule has 2 amide bonds. The number of carbonyl (C=O) groups excluding carboxylic acids is 2.